The fourth-order valence-corrected chi connectivity index (χ4v) is 5.11. The number of rotatable bonds is 6. The monoisotopic (exact) mass is 613 g/mol. The normalized spacial score (nSPS) is 11.4. The van der Waals surface area contributed by atoms with E-state index in [1.165, 1.54) is 7.05 Å². The van der Waals surface area contributed by atoms with Gasteiger partial charge in [-0.15, -0.1) is 21.5 Å². The number of amides is 2. The van der Waals surface area contributed by atoms with E-state index >= 15 is 0 Å². The molecule has 15 heteroatoms. The molecule has 2 aromatic heterocycles. The van der Waals surface area contributed by atoms with E-state index in [9.17, 15) is 22.8 Å². The first-order chi connectivity index (χ1) is 17.5. The van der Waals surface area contributed by atoms with E-state index in [4.69, 9.17) is 11.6 Å². The second-order valence-electron chi connectivity index (χ2n) is 7.58. The molecule has 0 aliphatic heterocycles. The number of carbonyl (C=O) groups is 2. The number of anilines is 1. The number of aromatic nitrogens is 5. The van der Waals surface area contributed by atoms with Gasteiger partial charge in [0.2, 0.25) is 0 Å². The predicted octanol–water partition coefficient (Wildman–Crippen LogP) is 5.20. The summed E-state index contributed by atoms with van der Waals surface area (Å²) in [5.74, 6) is -2.38. The molecule has 9 nitrogen and oxygen atoms in total. The number of nitrogens with zero attached hydrogens (tertiary/aromatic N) is 5. The van der Waals surface area contributed by atoms with Gasteiger partial charge >= 0.3 is 6.18 Å². The zero-order valence-corrected chi connectivity index (χ0v) is 22.2. The molecule has 0 atom stereocenters. The summed E-state index contributed by atoms with van der Waals surface area (Å²) in [7, 11) is 1.47. The number of benzene rings is 2. The zero-order valence-electron chi connectivity index (χ0n) is 19.0. The van der Waals surface area contributed by atoms with E-state index in [0.717, 1.165) is 16.1 Å². The second kappa shape index (κ2) is 10.6. The molecule has 4 rings (SSSR count). The highest BCUT2D eigenvalue weighted by atomic mass is 79.9. The van der Waals surface area contributed by atoms with Crippen molar-refractivity contribution in [1.29, 1.82) is 0 Å². The maximum atomic E-state index is 13.5. The number of hydrogen-bond donors (Lipinski definition) is 2. The lowest BCUT2D eigenvalue weighted by Gasteiger charge is -2.14. The van der Waals surface area contributed by atoms with Crippen molar-refractivity contribution < 1.29 is 22.8 Å². The molecule has 37 heavy (non-hydrogen) atoms. The largest absolute Gasteiger partial charge is 0.455 e. The maximum absolute atomic E-state index is 13.5. The van der Waals surface area contributed by atoms with Gasteiger partial charge in [-0.2, -0.15) is 18.0 Å². The van der Waals surface area contributed by atoms with Crippen LogP contribution in [-0.2, 0) is 12.7 Å². The molecule has 0 aliphatic carbocycles. The van der Waals surface area contributed by atoms with Crippen molar-refractivity contribution in [2.24, 2.45) is 0 Å². The van der Waals surface area contributed by atoms with Crippen molar-refractivity contribution in [3.63, 3.8) is 0 Å². The van der Waals surface area contributed by atoms with Crippen LogP contribution in [0.5, 0.6) is 0 Å². The third-order valence-electron chi connectivity index (χ3n) is 5.00. The Hall–Kier alpha value is -3.36. The van der Waals surface area contributed by atoms with Gasteiger partial charge in [0.1, 0.15) is 16.4 Å². The van der Waals surface area contributed by atoms with Crippen molar-refractivity contribution in [2.75, 3.05) is 12.4 Å². The van der Waals surface area contributed by atoms with Crippen molar-refractivity contribution in [1.82, 2.24) is 30.5 Å². The standard InChI is InChI=1S/C22H16BrClF3N7O2S/c1-10-7-11(23)8-13(19(35)28-2)16(10)30-20(36)18-17(12-5-3-4-6-14(12)24)29-15(37-18)9-34-32-21(31-33-34)22(25,26)27/h3-8H,9H2,1-2H3,(H,28,35)(H,30,36). The van der Waals surface area contributed by atoms with E-state index in [1.807, 2.05) is 0 Å². The van der Waals surface area contributed by atoms with Crippen LogP contribution in [0, 0.1) is 6.92 Å². The number of hydrogen-bond acceptors (Lipinski definition) is 7. The van der Waals surface area contributed by atoms with Crippen molar-refractivity contribution >= 4 is 56.4 Å². The van der Waals surface area contributed by atoms with Gasteiger partial charge < -0.3 is 10.6 Å². The third kappa shape index (κ3) is 5.81. The first kappa shape index (κ1) is 26.7. The highest BCUT2D eigenvalue weighted by Gasteiger charge is 2.37. The summed E-state index contributed by atoms with van der Waals surface area (Å²) >= 11 is 10.6. The number of alkyl halides is 3. The Morgan fingerprint density at radius 1 is 1.19 bits per heavy atom. The quantitative estimate of drug-likeness (QED) is 0.309. The van der Waals surface area contributed by atoms with Crippen molar-refractivity contribution in [3.05, 3.63) is 72.7 Å². The van der Waals surface area contributed by atoms with Gasteiger partial charge in [-0.1, -0.05) is 45.7 Å². The van der Waals surface area contributed by atoms with Gasteiger partial charge in [0.15, 0.2) is 0 Å². The van der Waals surface area contributed by atoms with Gasteiger partial charge in [0.05, 0.1) is 22.0 Å². The van der Waals surface area contributed by atoms with Crippen LogP contribution < -0.4 is 10.6 Å². The lowest BCUT2D eigenvalue weighted by molar-refractivity contribution is -0.145. The minimum Gasteiger partial charge on any atom is -0.355 e. The lowest BCUT2D eigenvalue weighted by atomic mass is 10.1. The molecule has 2 heterocycles. The SMILES string of the molecule is CNC(=O)c1cc(Br)cc(C)c1NC(=O)c1sc(Cn2nnc(C(F)(F)F)n2)nc1-c1ccccc1Cl. The summed E-state index contributed by atoms with van der Waals surface area (Å²) in [6.45, 7) is 1.47. The van der Waals surface area contributed by atoms with Crippen LogP contribution in [-0.4, -0.2) is 44.1 Å². The molecule has 0 aliphatic rings. The molecule has 0 bridgehead atoms. The predicted molar refractivity (Wildman–Crippen MR) is 135 cm³/mol. The molecule has 192 valence electrons. The highest BCUT2D eigenvalue weighted by Crippen LogP contribution is 2.35. The Morgan fingerprint density at radius 2 is 1.92 bits per heavy atom. The van der Waals surface area contributed by atoms with E-state index < -0.39 is 23.8 Å². The van der Waals surface area contributed by atoms with Crippen LogP contribution in [0.3, 0.4) is 0 Å². The second-order valence-corrected chi connectivity index (χ2v) is 9.99. The fraction of sp³-hybridized carbons (Fsp3) is 0.182. The zero-order chi connectivity index (χ0) is 26.9. The summed E-state index contributed by atoms with van der Waals surface area (Å²) < 4.78 is 39.3. The molecule has 0 spiro atoms. The molecule has 4 aromatic rings. The molecule has 0 unspecified atom stereocenters. The highest BCUT2D eigenvalue weighted by molar-refractivity contribution is 9.10. The van der Waals surface area contributed by atoms with Crippen molar-refractivity contribution in [2.45, 2.75) is 19.6 Å². The molecule has 2 amide bonds. The van der Waals surface area contributed by atoms with Crippen LogP contribution in [0.15, 0.2) is 40.9 Å². The van der Waals surface area contributed by atoms with Gasteiger partial charge in [0.25, 0.3) is 17.6 Å². The Balaban J connectivity index is 1.75. The number of aryl methyl sites for hydroxylation is 1. The summed E-state index contributed by atoms with van der Waals surface area (Å²) in [6, 6.07) is 10.0. The maximum Gasteiger partial charge on any atom is 0.455 e. The number of tetrazole rings is 1. The van der Waals surface area contributed by atoms with Crippen LogP contribution in [0.1, 0.15) is 36.4 Å². The van der Waals surface area contributed by atoms with Crippen LogP contribution >= 0.6 is 38.9 Å². The van der Waals surface area contributed by atoms with E-state index in [-0.39, 0.29) is 27.7 Å². The van der Waals surface area contributed by atoms with Gasteiger partial charge in [-0.25, -0.2) is 4.98 Å². The van der Waals surface area contributed by atoms with E-state index in [1.54, 1.807) is 43.3 Å². The van der Waals surface area contributed by atoms with Gasteiger partial charge in [-0.05, 0) is 35.9 Å². The first-order valence-corrected chi connectivity index (χ1v) is 12.4. The van der Waals surface area contributed by atoms with Crippen molar-refractivity contribution in [3.8, 4) is 11.3 Å². The molecule has 2 N–H and O–H groups in total. The molecule has 0 saturated heterocycles. The van der Waals surface area contributed by atoms with E-state index in [2.05, 4.69) is 47.0 Å². The Bertz CT molecular complexity index is 1510. The minimum absolute atomic E-state index is 0.129. The Labute approximate surface area is 225 Å². The number of nitrogens with one attached hydrogen (secondary N) is 2. The summed E-state index contributed by atoms with van der Waals surface area (Å²) in [5.41, 5.74) is 1.81. The number of carbonyl (C=O) groups excluding carboxylic acids is 2. The number of thiazole rings is 1. The Morgan fingerprint density at radius 3 is 2.57 bits per heavy atom. The molecule has 0 radical (unpaired) electrons. The number of halogens is 5. The topological polar surface area (TPSA) is 115 Å². The minimum atomic E-state index is -4.75. The van der Waals surface area contributed by atoms with E-state index in [0.29, 0.717) is 26.3 Å². The molecular weight excluding hydrogens is 599 g/mol. The Kier molecular flexibility index (Phi) is 7.62. The average Bonchev–Trinajstić information content (AvgIpc) is 3.48. The van der Waals surface area contributed by atoms with Gasteiger partial charge in [-0.3, -0.25) is 9.59 Å². The van der Waals surface area contributed by atoms with Crippen LogP contribution in [0.2, 0.25) is 5.02 Å². The summed E-state index contributed by atoms with van der Waals surface area (Å²) in [4.78, 5) is 31.3. The summed E-state index contributed by atoms with van der Waals surface area (Å²) in [6.07, 6.45) is -4.75. The lowest BCUT2D eigenvalue weighted by Crippen LogP contribution is -2.22. The smallest absolute Gasteiger partial charge is 0.355 e. The van der Waals surface area contributed by atoms with Gasteiger partial charge in [0, 0.05) is 17.1 Å². The molecule has 0 fully saturated rings. The average molecular weight is 615 g/mol. The molecule has 0 saturated carbocycles. The molecule has 2 aromatic carbocycles. The van der Waals surface area contributed by atoms with Crippen LogP contribution in [0.4, 0.5) is 18.9 Å². The van der Waals surface area contributed by atoms with Crippen LogP contribution in [0.25, 0.3) is 11.3 Å². The molecular formula is C22H16BrClF3N7O2S. The fourth-order valence-electron chi connectivity index (χ4n) is 3.36. The first-order valence-electron chi connectivity index (χ1n) is 10.4. The third-order valence-corrected chi connectivity index (χ3v) is 6.83. The summed E-state index contributed by atoms with van der Waals surface area (Å²) in [5, 5.41) is 15.7.